The molecule has 1 saturated heterocycles. The number of halogens is 2. The maximum absolute atomic E-state index is 12.4. The molecule has 0 aromatic heterocycles. The van der Waals surface area contributed by atoms with Crippen molar-refractivity contribution in [2.24, 2.45) is 0 Å². The Morgan fingerprint density at radius 2 is 1.70 bits per heavy atom. The molecule has 1 heterocycles. The summed E-state index contributed by atoms with van der Waals surface area (Å²) >= 11 is 5.89. The van der Waals surface area contributed by atoms with E-state index in [2.05, 4.69) is 42.3 Å². The number of carbonyl (C=O) groups excluding carboxylic acids is 1. The molecule has 0 saturated carbocycles. The highest BCUT2D eigenvalue weighted by atomic mass is 35.5. The van der Waals surface area contributed by atoms with E-state index in [1.807, 2.05) is 29.2 Å². The number of amides is 2. The van der Waals surface area contributed by atoms with Crippen LogP contribution in [0.5, 0.6) is 0 Å². The second kappa shape index (κ2) is 9.86. The van der Waals surface area contributed by atoms with E-state index in [1.54, 1.807) is 0 Å². The van der Waals surface area contributed by atoms with Crippen molar-refractivity contribution in [2.75, 3.05) is 37.6 Å². The lowest BCUT2D eigenvalue weighted by molar-refractivity contribution is 0.194. The molecule has 0 aliphatic carbocycles. The Balaban J connectivity index is 0.00000261. The smallest absolute Gasteiger partial charge is 0.317 e. The molecule has 0 spiro atoms. The van der Waals surface area contributed by atoms with Gasteiger partial charge in [-0.1, -0.05) is 35.9 Å². The number of benzene rings is 2. The van der Waals surface area contributed by atoms with Crippen LogP contribution in [-0.2, 0) is 6.42 Å². The summed E-state index contributed by atoms with van der Waals surface area (Å²) in [5.74, 6) is 0. The van der Waals surface area contributed by atoms with Crippen LogP contribution in [0.3, 0.4) is 0 Å². The molecule has 2 amide bonds. The van der Waals surface area contributed by atoms with Crippen molar-refractivity contribution in [2.45, 2.75) is 20.3 Å². The van der Waals surface area contributed by atoms with Crippen LogP contribution in [0.2, 0.25) is 5.02 Å². The van der Waals surface area contributed by atoms with Gasteiger partial charge < -0.3 is 15.1 Å². The summed E-state index contributed by atoms with van der Waals surface area (Å²) in [6.07, 6.45) is 0.811. The number of urea groups is 1. The average Bonchev–Trinajstić information content (AvgIpc) is 2.66. The largest absolute Gasteiger partial charge is 0.368 e. The number of anilines is 1. The van der Waals surface area contributed by atoms with Crippen LogP contribution in [-0.4, -0.2) is 43.7 Å². The second-order valence-electron chi connectivity index (χ2n) is 6.80. The minimum atomic E-state index is 0. The lowest BCUT2D eigenvalue weighted by atomic mass is 10.1. The molecule has 0 unspecified atom stereocenters. The highest BCUT2D eigenvalue weighted by Crippen LogP contribution is 2.23. The number of piperazine rings is 1. The van der Waals surface area contributed by atoms with Crippen LogP contribution >= 0.6 is 24.0 Å². The zero-order valence-electron chi connectivity index (χ0n) is 15.9. The summed E-state index contributed by atoms with van der Waals surface area (Å²) < 4.78 is 0. The number of nitrogens with zero attached hydrogens (tertiary/aromatic N) is 2. The van der Waals surface area contributed by atoms with Gasteiger partial charge >= 0.3 is 6.03 Å². The van der Waals surface area contributed by atoms with Gasteiger partial charge in [0.15, 0.2) is 0 Å². The Hall–Kier alpha value is -1.91. The highest BCUT2D eigenvalue weighted by Gasteiger charge is 2.22. The van der Waals surface area contributed by atoms with Crippen LogP contribution in [0.1, 0.15) is 16.7 Å². The first-order valence-corrected chi connectivity index (χ1v) is 9.51. The highest BCUT2D eigenvalue weighted by molar-refractivity contribution is 6.30. The van der Waals surface area contributed by atoms with E-state index >= 15 is 0 Å². The normalized spacial score (nSPS) is 13.9. The number of rotatable bonds is 4. The van der Waals surface area contributed by atoms with E-state index in [1.165, 1.54) is 22.4 Å². The summed E-state index contributed by atoms with van der Waals surface area (Å²) in [5.41, 5.74) is 5.10. The van der Waals surface area contributed by atoms with Crippen LogP contribution in [0.15, 0.2) is 42.5 Å². The maximum atomic E-state index is 12.4. The molecule has 1 fully saturated rings. The fourth-order valence-corrected chi connectivity index (χ4v) is 3.43. The van der Waals surface area contributed by atoms with Crippen molar-refractivity contribution >= 4 is 35.7 Å². The lowest BCUT2D eigenvalue weighted by Gasteiger charge is -2.37. The van der Waals surface area contributed by atoms with Gasteiger partial charge in [0.25, 0.3) is 0 Å². The predicted octanol–water partition coefficient (Wildman–Crippen LogP) is 4.45. The van der Waals surface area contributed by atoms with Crippen molar-refractivity contribution in [3.63, 3.8) is 0 Å². The SMILES string of the molecule is Cc1cccc(N2CCN(C(=O)NCCc3ccc(Cl)cc3)CC2)c1C.Cl. The molecule has 4 nitrogen and oxygen atoms in total. The summed E-state index contributed by atoms with van der Waals surface area (Å²) in [4.78, 5) is 16.7. The Labute approximate surface area is 172 Å². The number of hydrogen-bond acceptors (Lipinski definition) is 2. The zero-order chi connectivity index (χ0) is 18.5. The van der Waals surface area contributed by atoms with Gasteiger partial charge in [-0.3, -0.25) is 0 Å². The van der Waals surface area contributed by atoms with E-state index in [9.17, 15) is 4.79 Å². The fourth-order valence-electron chi connectivity index (χ4n) is 3.31. The summed E-state index contributed by atoms with van der Waals surface area (Å²) in [6.45, 7) is 8.19. The molecule has 6 heteroatoms. The second-order valence-corrected chi connectivity index (χ2v) is 7.24. The zero-order valence-corrected chi connectivity index (χ0v) is 17.4. The summed E-state index contributed by atoms with van der Waals surface area (Å²) in [5, 5.41) is 3.76. The monoisotopic (exact) mass is 407 g/mol. The number of hydrogen-bond donors (Lipinski definition) is 1. The van der Waals surface area contributed by atoms with E-state index in [-0.39, 0.29) is 18.4 Å². The van der Waals surface area contributed by atoms with Gasteiger partial charge in [0.2, 0.25) is 0 Å². The van der Waals surface area contributed by atoms with Gasteiger partial charge in [-0.25, -0.2) is 4.79 Å². The topological polar surface area (TPSA) is 35.6 Å². The number of aryl methyl sites for hydroxylation is 1. The van der Waals surface area contributed by atoms with Gasteiger partial charge in [-0.05, 0) is 55.2 Å². The standard InChI is InChI=1S/C21H26ClN3O.ClH/c1-16-4-3-5-20(17(16)2)24-12-14-25(15-13-24)21(26)23-11-10-18-6-8-19(22)9-7-18;/h3-9H,10-15H2,1-2H3,(H,23,26);1H. The Kier molecular flexibility index (Phi) is 7.81. The molecule has 1 aliphatic heterocycles. The molecule has 27 heavy (non-hydrogen) atoms. The molecule has 3 rings (SSSR count). The fraction of sp³-hybridized carbons (Fsp3) is 0.381. The van der Waals surface area contributed by atoms with Gasteiger partial charge in [-0.2, -0.15) is 0 Å². The van der Waals surface area contributed by atoms with Crippen LogP contribution in [0, 0.1) is 13.8 Å². The lowest BCUT2D eigenvalue weighted by Crippen LogP contribution is -2.52. The Morgan fingerprint density at radius 3 is 2.37 bits per heavy atom. The quantitative estimate of drug-likeness (QED) is 0.811. The van der Waals surface area contributed by atoms with E-state index in [4.69, 9.17) is 11.6 Å². The number of carbonyl (C=O) groups is 1. The van der Waals surface area contributed by atoms with Gasteiger partial charge in [-0.15, -0.1) is 12.4 Å². The Morgan fingerprint density at radius 1 is 1.04 bits per heavy atom. The van der Waals surface area contributed by atoms with Crippen LogP contribution < -0.4 is 10.2 Å². The van der Waals surface area contributed by atoms with E-state index < -0.39 is 0 Å². The summed E-state index contributed by atoms with van der Waals surface area (Å²) in [7, 11) is 0. The molecule has 0 bridgehead atoms. The molecule has 2 aromatic rings. The minimum absolute atomic E-state index is 0. The van der Waals surface area contributed by atoms with Crippen LogP contribution in [0.4, 0.5) is 10.5 Å². The average molecular weight is 408 g/mol. The van der Waals surface area contributed by atoms with Crippen molar-refractivity contribution in [1.82, 2.24) is 10.2 Å². The van der Waals surface area contributed by atoms with E-state index in [0.717, 1.165) is 37.6 Å². The third kappa shape index (κ3) is 5.53. The minimum Gasteiger partial charge on any atom is -0.368 e. The predicted molar refractivity (Wildman–Crippen MR) is 116 cm³/mol. The van der Waals surface area contributed by atoms with E-state index in [0.29, 0.717) is 6.54 Å². The molecule has 0 atom stereocenters. The molecule has 0 radical (unpaired) electrons. The van der Waals surface area contributed by atoms with Crippen LogP contribution in [0.25, 0.3) is 0 Å². The molecular formula is C21H27Cl2N3O. The number of nitrogens with one attached hydrogen (secondary N) is 1. The summed E-state index contributed by atoms with van der Waals surface area (Å²) in [6, 6.07) is 14.2. The Bertz CT molecular complexity index is 757. The van der Waals surface area contributed by atoms with Gasteiger partial charge in [0.1, 0.15) is 0 Å². The molecule has 1 aliphatic rings. The van der Waals surface area contributed by atoms with Crippen molar-refractivity contribution in [1.29, 1.82) is 0 Å². The van der Waals surface area contributed by atoms with Crippen molar-refractivity contribution < 1.29 is 4.79 Å². The molecule has 2 aromatic carbocycles. The third-order valence-electron chi connectivity index (χ3n) is 5.09. The first-order valence-electron chi connectivity index (χ1n) is 9.13. The molecule has 1 N–H and O–H groups in total. The first kappa shape index (κ1) is 21.4. The van der Waals surface area contributed by atoms with Gasteiger partial charge in [0.05, 0.1) is 0 Å². The van der Waals surface area contributed by atoms with Gasteiger partial charge in [0, 0.05) is 43.4 Å². The van der Waals surface area contributed by atoms with Crippen molar-refractivity contribution in [3.8, 4) is 0 Å². The van der Waals surface area contributed by atoms with Crippen molar-refractivity contribution in [3.05, 3.63) is 64.2 Å². The third-order valence-corrected chi connectivity index (χ3v) is 5.34. The maximum Gasteiger partial charge on any atom is 0.317 e. The molecular weight excluding hydrogens is 381 g/mol. The molecule has 146 valence electrons. The first-order chi connectivity index (χ1) is 12.5.